The van der Waals surface area contributed by atoms with Gasteiger partial charge in [-0.15, -0.1) is 5.10 Å². The van der Waals surface area contributed by atoms with Crippen molar-refractivity contribution in [2.75, 3.05) is 21.3 Å². The quantitative estimate of drug-likeness (QED) is 0.768. The molecule has 7 nitrogen and oxygen atoms in total. The number of hydrogen-bond donors (Lipinski definition) is 0. The molecule has 7 heteroatoms. The fourth-order valence-electron chi connectivity index (χ4n) is 1.56. The Bertz CT molecular complexity index is 594. The van der Waals surface area contributed by atoms with E-state index >= 15 is 0 Å². The van der Waals surface area contributed by atoms with Crippen LogP contribution in [-0.4, -0.2) is 42.3 Å². The summed E-state index contributed by atoms with van der Waals surface area (Å²) in [6.45, 7) is 0. The van der Waals surface area contributed by atoms with Crippen molar-refractivity contribution in [1.82, 2.24) is 15.0 Å². The molecule has 2 aromatic rings. The molecule has 0 bridgehead atoms. The first-order chi connectivity index (χ1) is 9.19. The second-order valence-corrected chi connectivity index (χ2v) is 3.58. The van der Waals surface area contributed by atoms with Crippen molar-refractivity contribution in [3.8, 4) is 17.2 Å². The molecule has 0 atom stereocenters. The number of nitrogens with zero attached hydrogens (tertiary/aromatic N) is 3. The molecule has 0 saturated carbocycles. The van der Waals surface area contributed by atoms with Gasteiger partial charge in [0.1, 0.15) is 17.2 Å². The number of aromatic nitrogens is 3. The zero-order valence-electron chi connectivity index (χ0n) is 10.8. The first-order valence-corrected chi connectivity index (χ1v) is 5.42. The molecule has 0 aliphatic heterocycles. The number of methoxy groups -OCH3 is 3. The summed E-state index contributed by atoms with van der Waals surface area (Å²) in [5.74, 6) is 0.682. The van der Waals surface area contributed by atoms with Crippen molar-refractivity contribution in [1.29, 1.82) is 0 Å². The Labute approximate surface area is 109 Å². The maximum Gasteiger partial charge on any atom is 0.360 e. The van der Waals surface area contributed by atoms with Crippen LogP contribution < -0.4 is 9.47 Å². The molecule has 1 aromatic carbocycles. The van der Waals surface area contributed by atoms with Gasteiger partial charge in [0.15, 0.2) is 5.69 Å². The first kappa shape index (κ1) is 12.9. The highest BCUT2D eigenvalue weighted by molar-refractivity contribution is 5.86. The minimum atomic E-state index is -0.548. The van der Waals surface area contributed by atoms with Gasteiger partial charge >= 0.3 is 5.97 Å². The van der Waals surface area contributed by atoms with E-state index in [0.717, 1.165) is 0 Å². The molecular formula is C12H13N3O4. The Hall–Kier alpha value is -2.57. The summed E-state index contributed by atoms with van der Waals surface area (Å²) >= 11 is 0. The second-order valence-electron chi connectivity index (χ2n) is 3.58. The van der Waals surface area contributed by atoms with E-state index in [1.165, 1.54) is 18.0 Å². The summed E-state index contributed by atoms with van der Waals surface area (Å²) in [6, 6.07) is 5.24. The maximum atomic E-state index is 11.3. The molecule has 1 aromatic heterocycles. The lowest BCUT2D eigenvalue weighted by molar-refractivity contribution is 0.0594. The van der Waals surface area contributed by atoms with Gasteiger partial charge in [-0.05, 0) is 12.1 Å². The Morgan fingerprint density at radius 2 is 2.00 bits per heavy atom. The van der Waals surface area contributed by atoms with Gasteiger partial charge in [-0.2, -0.15) is 0 Å². The zero-order chi connectivity index (χ0) is 13.8. The smallest absolute Gasteiger partial charge is 0.360 e. The van der Waals surface area contributed by atoms with Crippen LogP contribution in [0.4, 0.5) is 0 Å². The fourth-order valence-corrected chi connectivity index (χ4v) is 1.56. The minimum absolute atomic E-state index is 0.118. The average Bonchev–Trinajstić information content (AvgIpc) is 2.95. The van der Waals surface area contributed by atoms with Crippen molar-refractivity contribution < 1.29 is 19.0 Å². The van der Waals surface area contributed by atoms with Crippen LogP contribution in [0.2, 0.25) is 0 Å². The SMILES string of the molecule is COC(=O)c1cn(-c2cc(OC)ccc2OC)nn1. The van der Waals surface area contributed by atoms with Crippen molar-refractivity contribution in [3.05, 3.63) is 30.1 Å². The summed E-state index contributed by atoms with van der Waals surface area (Å²) in [7, 11) is 4.39. The summed E-state index contributed by atoms with van der Waals surface area (Å²) < 4.78 is 16.4. The normalized spacial score (nSPS) is 10.1. The molecule has 0 saturated heterocycles. The fraction of sp³-hybridized carbons (Fsp3) is 0.250. The van der Waals surface area contributed by atoms with E-state index in [9.17, 15) is 4.79 Å². The number of rotatable bonds is 4. The van der Waals surface area contributed by atoms with Crippen LogP contribution in [0, 0.1) is 0 Å². The zero-order valence-corrected chi connectivity index (χ0v) is 10.8. The Morgan fingerprint density at radius 1 is 1.21 bits per heavy atom. The molecule has 0 fully saturated rings. The third kappa shape index (κ3) is 2.49. The van der Waals surface area contributed by atoms with Gasteiger partial charge in [0, 0.05) is 6.07 Å². The number of ether oxygens (including phenoxy) is 3. The molecule has 19 heavy (non-hydrogen) atoms. The van der Waals surface area contributed by atoms with Gasteiger partial charge in [0.2, 0.25) is 0 Å². The minimum Gasteiger partial charge on any atom is -0.497 e. The maximum absolute atomic E-state index is 11.3. The van der Waals surface area contributed by atoms with E-state index in [1.807, 2.05) is 0 Å². The van der Waals surface area contributed by atoms with Crippen LogP contribution in [0.25, 0.3) is 5.69 Å². The molecular weight excluding hydrogens is 250 g/mol. The lowest BCUT2D eigenvalue weighted by atomic mass is 10.2. The second kappa shape index (κ2) is 5.38. The van der Waals surface area contributed by atoms with Gasteiger partial charge in [0.25, 0.3) is 0 Å². The van der Waals surface area contributed by atoms with E-state index in [-0.39, 0.29) is 5.69 Å². The van der Waals surface area contributed by atoms with E-state index in [1.54, 1.807) is 32.4 Å². The lowest BCUT2D eigenvalue weighted by Gasteiger charge is -2.09. The van der Waals surface area contributed by atoms with E-state index in [0.29, 0.717) is 17.2 Å². The van der Waals surface area contributed by atoms with Gasteiger partial charge < -0.3 is 14.2 Å². The molecule has 0 amide bonds. The van der Waals surface area contributed by atoms with E-state index < -0.39 is 5.97 Å². The van der Waals surface area contributed by atoms with Crippen molar-refractivity contribution in [3.63, 3.8) is 0 Å². The summed E-state index contributed by atoms with van der Waals surface area (Å²) in [4.78, 5) is 11.3. The summed E-state index contributed by atoms with van der Waals surface area (Å²) in [5, 5.41) is 7.61. The van der Waals surface area contributed by atoms with Crippen LogP contribution in [0.3, 0.4) is 0 Å². The Morgan fingerprint density at radius 3 is 2.63 bits per heavy atom. The third-order valence-electron chi connectivity index (χ3n) is 2.52. The van der Waals surface area contributed by atoms with E-state index in [2.05, 4.69) is 15.0 Å². The molecule has 100 valence electrons. The van der Waals surface area contributed by atoms with Gasteiger partial charge in [-0.25, -0.2) is 9.48 Å². The monoisotopic (exact) mass is 263 g/mol. The number of benzene rings is 1. The highest BCUT2D eigenvalue weighted by Gasteiger charge is 2.14. The van der Waals surface area contributed by atoms with Crippen molar-refractivity contribution in [2.24, 2.45) is 0 Å². The number of carbonyl (C=O) groups is 1. The molecule has 0 radical (unpaired) electrons. The molecule has 0 N–H and O–H groups in total. The first-order valence-electron chi connectivity index (χ1n) is 5.42. The van der Waals surface area contributed by atoms with Crippen LogP contribution in [0.15, 0.2) is 24.4 Å². The van der Waals surface area contributed by atoms with Crippen LogP contribution in [0.1, 0.15) is 10.5 Å². The van der Waals surface area contributed by atoms with Crippen molar-refractivity contribution >= 4 is 5.97 Å². The molecule has 1 heterocycles. The number of hydrogen-bond acceptors (Lipinski definition) is 6. The van der Waals surface area contributed by atoms with Crippen LogP contribution >= 0.6 is 0 Å². The van der Waals surface area contributed by atoms with Gasteiger partial charge in [0.05, 0.1) is 27.5 Å². The molecule has 0 spiro atoms. The predicted octanol–water partition coefficient (Wildman–Crippen LogP) is 1.07. The molecule has 0 unspecified atom stereocenters. The van der Waals surface area contributed by atoms with Gasteiger partial charge in [-0.1, -0.05) is 5.21 Å². The number of esters is 1. The summed E-state index contributed by atoms with van der Waals surface area (Å²) in [6.07, 6.45) is 1.46. The predicted molar refractivity (Wildman–Crippen MR) is 65.8 cm³/mol. The Kier molecular flexibility index (Phi) is 3.65. The average molecular weight is 263 g/mol. The molecule has 2 rings (SSSR count). The number of carbonyl (C=O) groups excluding carboxylic acids is 1. The lowest BCUT2D eigenvalue weighted by Crippen LogP contribution is -2.01. The molecule has 0 aliphatic carbocycles. The standard InChI is InChI=1S/C12H13N3O4/c1-17-8-4-5-11(18-2)10(6-8)15-7-9(13-14-15)12(16)19-3/h4-7H,1-3H3. The summed E-state index contributed by atoms with van der Waals surface area (Å²) in [5.41, 5.74) is 0.733. The van der Waals surface area contributed by atoms with Crippen LogP contribution in [-0.2, 0) is 4.74 Å². The van der Waals surface area contributed by atoms with Gasteiger partial charge in [-0.3, -0.25) is 0 Å². The third-order valence-corrected chi connectivity index (χ3v) is 2.52. The van der Waals surface area contributed by atoms with Crippen LogP contribution in [0.5, 0.6) is 11.5 Å². The van der Waals surface area contributed by atoms with Crippen molar-refractivity contribution in [2.45, 2.75) is 0 Å². The Balaban J connectivity index is 2.45. The van der Waals surface area contributed by atoms with E-state index in [4.69, 9.17) is 9.47 Å². The topological polar surface area (TPSA) is 75.5 Å². The largest absolute Gasteiger partial charge is 0.497 e. The molecule has 0 aliphatic rings. The highest BCUT2D eigenvalue weighted by atomic mass is 16.5. The highest BCUT2D eigenvalue weighted by Crippen LogP contribution is 2.26.